The van der Waals surface area contributed by atoms with Crippen LogP contribution in [0, 0.1) is 0 Å². The van der Waals surface area contributed by atoms with E-state index in [2.05, 4.69) is 9.97 Å². The van der Waals surface area contributed by atoms with Crippen LogP contribution in [0.5, 0.6) is 0 Å². The Morgan fingerprint density at radius 2 is 1.64 bits per heavy atom. The standard InChI is InChI=1S/C19H11F3N2S/c20-19(21,22)12-8-9-13(15-5-3-4-10-23-15)14(11-12)18-24-16-6-1-2-7-17(16)25-18/h1-11H. The van der Waals surface area contributed by atoms with Gasteiger partial charge >= 0.3 is 6.18 Å². The predicted molar refractivity (Wildman–Crippen MR) is 93.3 cm³/mol. The molecule has 6 heteroatoms. The number of alkyl halides is 3. The second kappa shape index (κ2) is 5.97. The summed E-state index contributed by atoms with van der Waals surface area (Å²) in [6, 6.07) is 16.6. The van der Waals surface area contributed by atoms with Gasteiger partial charge in [0.25, 0.3) is 0 Å². The van der Waals surface area contributed by atoms with Crippen molar-refractivity contribution in [3.63, 3.8) is 0 Å². The van der Waals surface area contributed by atoms with Crippen LogP contribution in [0.2, 0.25) is 0 Å². The fourth-order valence-electron chi connectivity index (χ4n) is 2.63. The maximum atomic E-state index is 13.2. The smallest absolute Gasteiger partial charge is 0.256 e. The second-order valence-corrected chi connectivity index (χ2v) is 6.49. The van der Waals surface area contributed by atoms with Crippen LogP contribution < -0.4 is 0 Å². The molecule has 0 N–H and O–H groups in total. The number of benzene rings is 2. The molecule has 2 heterocycles. The molecular formula is C19H11F3N2S. The summed E-state index contributed by atoms with van der Waals surface area (Å²) in [5.41, 5.74) is 1.76. The summed E-state index contributed by atoms with van der Waals surface area (Å²) in [7, 11) is 0. The lowest BCUT2D eigenvalue weighted by atomic mass is 10.0. The SMILES string of the molecule is FC(F)(F)c1ccc(-c2ccccn2)c(-c2nc3ccccc3s2)c1. The number of para-hydroxylation sites is 1. The fraction of sp³-hybridized carbons (Fsp3) is 0.0526. The highest BCUT2D eigenvalue weighted by Crippen LogP contribution is 2.39. The van der Waals surface area contributed by atoms with Crippen molar-refractivity contribution in [1.29, 1.82) is 0 Å². The first-order chi connectivity index (χ1) is 12.0. The molecule has 0 spiro atoms. The molecule has 2 nitrogen and oxygen atoms in total. The van der Waals surface area contributed by atoms with Crippen molar-refractivity contribution < 1.29 is 13.2 Å². The summed E-state index contributed by atoms with van der Waals surface area (Å²) >= 11 is 1.37. The molecule has 4 aromatic rings. The van der Waals surface area contributed by atoms with E-state index in [4.69, 9.17) is 0 Å². The van der Waals surface area contributed by atoms with E-state index in [0.717, 1.165) is 22.3 Å². The zero-order chi connectivity index (χ0) is 17.4. The van der Waals surface area contributed by atoms with Gasteiger partial charge in [-0.2, -0.15) is 13.2 Å². The minimum atomic E-state index is -4.41. The third-order valence-electron chi connectivity index (χ3n) is 3.81. The van der Waals surface area contributed by atoms with Crippen LogP contribution in [-0.4, -0.2) is 9.97 Å². The summed E-state index contributed by atoms with van der Waals surface area (Å²) in [6.07, 6.45) is -2.79. The van der Waals surface area contributed by atoms with Crippen molar-refractivity contribution in [1.82, 2.24) is 9.97 Å². The van der Waals surface area contributed by atoms with Gasteiger partial charge in [-0.3, -0.25) is 4.98 Å². The Kier molecular flexibility index (Phi) is 3.77. The number of hydrogen-bond acceptors (Lipinski definition) is 3. The molecule has 0 aliphatic carbocycles. The second-order valence-electron chi connectivity index (χ2n) is 5.46. The average molecular weight is 356 g/mol. The molecule has 0 amide bonds. The maximum Gasteiger partial charge on any atom is 0.416 e. The van der Waals surface area contributed by atoms with Gasteiger partial charge in [-0.15, -0.1) is 11.3 Å². The highest BCUT2D eigenvalue weighted by Gasteiger charge is 2.31. The molecule has 124 valence electrons. The molecular weight excluding hydrogens is 345 g/mol. The minimum Gasteiger partial charge on any atom is -0.256 e. The summed E-state index contributed by atoms with van der Waals surface area (Å²) in [4.78, 5) is 8.79. The van der Waals surface area contributed by atoms with E-state index in [1.807, 2.05) is 30.3 Å². The van der Waals surface area contributed by atoms with Crippen molar-refractivity contribution in [3.8, 4) is 21.8 Å². The molecule has 0 fully saturated rings. The molecule has 25 heavy (non-hydrogen) atoms. The average Bonchev–Trinajstić information content (AvgIpc) is 3.05. The van der Waals surface area contributed by atoms with Crippen LogP contribution in [0.1, 0.15) is 5.56 Å². The Labute approximate surface area is 145 Å². The van der Waals surface area contributed by atoms with Gasteiger partial charge in [-0.1, -0.05) is 24.3 Å². The third-order valence-corrected chi connectivity index (χ3v) is 4.88. The zero-order valence-electron chi connectivity index (χ0n) is 12.8. The topological polar surface area (TPSA) is 25.8 Å². The number of thiazole rings is 1. The van der Waals surface area contributed by atoms with Gasteiger partial charge in [0.05, 0.1) is 21.5 Å². The Bertz CT molecular complexity index is 1010. The van der Waals surface area contributed by atoms with Gasteiger partial charge in [0.15, 0.2) is 0 Å². The van der Waals surface area contributed by atoms with Crippen LogP contribution in [0.4, 0.5) is 13.2 Å². The van der Waals surface area contributed by atoms with Gasteiger partial charge in [-0.25, -0.2) is 4.98 Å². The Morgan fingerprint density at radius 3 is 2.36 bits per heavy atom. The number of rotatable bonds is 2. The molecule has 0 radical (unpaired) electrons. The lowest BCUT2D eigenvalue weighted by molar-refractivity contribution is -0.137. The van der Waals surface area contributed by atoms with E-state index in [-0.39, 0.29) is 0 Å². The molecule has 0 bridgehead atoms. The van der Waals surface area contributed by atoms with Crippen LogP contribution in [0.25, 0.3) is 32.0 Å². The number of nitrogens with zero attached hydrogens (tertiary/aromatic N) is 2. The van der Waals surface area contributed by atoms with E-state index in [1.165, 1.54) is 17.4 Å². The van der Waals surface area contributed by atoms with Gasteiger partial charge in [-0.05, 0) is 36.4 Å². The summed E-state index contributed by atoms with van der Waals surface area (Å²) < 4.78 is 40.5. The third kappa shape index (κ3) is 3.00. The molecule has 0 saturated carbocycles. The molecule has 2 aromatic carbocycles. The summed E-state index contributed by atoms with van der Waals surface area (Å²) in [6.45, 7) is 0. The monoisotopic (exact) mass is 356 g/mol. The van der Waals surface area contributed by atoms with E-state index >= 15 is 0 Å². The van der Waals surface area contributed by atoms with Crippen LogP contribution in [0.3, 0.4) is 0 Å². The van der Waals surface area contributed by atoms with Crippen molar-refractivity contribution >= 4 is 21.6 Å². The largest absolute Gasteiger partial charge is 0.416 e. The molecule has 0 aliphatic heterocycles. The lowest BCUT2D eigenvalue weighted by Crippen LogP contribution is -2.05. The molecule has 0 aliphatic rings. The lowest BCUT2D eigenvalue weighted by Gasteiger charge is -2.12. The molecule has 2 aromatic heterocycles. The van der Waals surface area contributed by atoms with Crippen LogP contribution in [0.15, 0.2) is 66.9 Å². The first-order valence-electron chi connectivity index (χ1n) is 7.51. The highest BCUT2D eigenvalue weighted by molar-refractivity contribution is 7.21. The van der Waals surface area contributed by atoms with Gasteiger partial charge in [0.2, 0.25) is 0 Å². The summed E-state index contributed by atoms with van der Waals surface area (Å²) in [5, 5.41) is 0.549. The number of halogens is 3. The minimum absolute atomic E-state index is 0.440. The predicted octanol–water partition coefficient (Wildman–Crippen LogP) is 6.04. The van der Waals surface area contributed by atoms with Crippen molar-refractivity contribution in [2.45, 2.75) is 6.18 Å². The highest BCUT2D eigenvalue weighted by atomic mass is 32.1. The van der Waals surface area contributed by atoms with E-state index in [9.17, 15) is 13.2 Å². The summed E-state index contributed by atoms with van der Waals surface area (Å²) in [5.74, 6) is 0. The van der Waals surface area contributed by atoms with Gasteiger partial charge < -0.3 is 0 Å². The Morgan fingerprint density at radius 1 is 0.840 bits per heavy atom. The maximum absolute atomic E-state index is 13.2. The van der Waals surface area contributed by atoms with E-state index in [1.54, 1.807) is 18.3 Å². The first-order valence-corrected chi connectivity index (χ1v) is 8.32. The number of aromatic nitrogens is 2. The number of fused-ring (bicyclic) bond motifs is 1. The molecule has 0 unspecified atom stereocenters. The molecule has 4 rings (SSSR count). The quantitative estimate of drug-likeness (QED) is 0.437. The van der Waals surface area contributed by atoms with Crippen molar-refractivity contribution in [3.05, 3.63) is 72.4 Å². The first kappa shape index (κ1) is 15.8. The Hall–Kier alpha value is -2.73. The van der Waals surface area contributed by atoms with Crippen LogP contribution >= 0.6 is 11.3 Å². The van der Waals surface area contributed by atoms with Crippen molar-refractivity contribution in [2.24, 2.45) is 0 Å². The van der Waals surface area contributed by atoms with Gasteiger partial charge in [0, 0.05) is 17.3 Å². The molecule has 0 saturated heterocycles. The fourth-order valence-corrected chi connectivity index (χ4v) is 3.63. The van der Waals surface area contributed by atoms with Crippen molar-refractivity contribution in [2.75, 3.05) is 0 Å². The zero-order valence-corrected chi connectivity index (χ0v) is 13.6. The van der Waals surface area contributed by atoms with E-state index < -0.39 is 11.7 Å². The molecule has 0 atom stereocenters. The normalized spacial score (nSPS) is 11.8. The Balaban J connectivity index is 1.96. The number of pyridine rings is 1. The number of hydrogen-bond donors (Lipinski definition) is 0. The van der Waals surface area contributed by atoms with E-state index in [0.29, 0.717) is 21.8 Å². The van der Waals surface area contributed by atoms with Gasteiger partial charge in [0.1, 0.15) is 5.01 Å². The van der Waals surface area contributed by atoms with Crippen LogP contribution in [-0.2, 0) is 6.18 Å².